The van der Waals surface area contributed by atoms with Gasteiger partial charge in [0.1, 0.15) is 6.61 Å². The Morgan fingerprint density at radius 1 is 1.33 bits per heavy atom. The number of Topliss-reactive ketones (excluding diaryl/α,β-unsaturated/α-hetero) is 2. The molecule has 0 amide bonds. The molecule has 3 nitrogen and oxygen atoms in total. The van der Waals surface area contributed by atoms with Gasteiger partial charge in [-0.15, -0.1) is 0 Å². The number of halogens is 1. The molecule has 0 heterocycles. The number of rotatable bonds is 5. The minimum atomic E-state index is -0.210. The van der Waals surface area contributed by atoms with Gasteiger partial charge in [-0.25, -0.2) is 0 Å². The molecule has 0 saturated heterocycles. The van der Waals surface area contributed by atoms with Crippen LogP contribution in [0.1, 0.15) is 16.8 Å². The van der Waals surface area contributed by atoms with Crippen LogP contribution in [0.4, 0.5) is 0 Å². The van der Waals surface area contributed by atoms with Crippen molar-refractivity contribution in [1.82, 2.24) is 0 Å². The number of carbonyl (C=O) groups is 2. The Labute approximate surface area is 96.6 Å². The van der Waals surface area contributed by atoms with Gasteiger partial charge < -0.3 is 4.74 Å². The van der Waals surface area contributed by atoms with Crippen molar-refractivity contribution >= 4 is 27.5 Å². The molecule has 0 aliphatic rings. The predicted molar refractivity (Wildman–Crippen MR) is 60.0 cm³/mol. The van der Waals surface area contributed by atoms with Crippen LogP contribution in [0.5, 0.6) is 0 Å². The van der Waals surface area contributed by atoms with Crippen molar-refractivity contribution in [3.63, 3.8) is 0 Å². The van der Waals surface area contributed by atoms with Gasteiger partial charge in [0, 0.05) is 17.1 Å². The fourth-order valence-corrected chi connectivity index (χ4v) is 1.68. The van der Waals surface area contributed by atoms with Gasteiger partial charge >= 0.3 is 0 Å². The molecular formula is C11H11BrO3. The van der Waals surface area contributed by atoms with Gasteiger partial charge in [0.2, 0.25) is 0 Å². The topological polar surface area (TPSA) is 43.4 Å². The molecule has 0 atom stereocenters. The summed E-state index contributed by atoms with van der Waals surface area (Å²) in [6, 6.07) is 7.04. The molecule has 0 unspecified atom stereocenters. The first-order valence-electron chi connectivity index (χ1n) is 4.43. The van der Waals surface area contributed by atoms with Gasteiger partial charge in [0.05, 0.1) is 6.42 Å². The second kappa shape index (κ2) is 5.78. The smallest absolute Gasteiger partial charge is 0.171 e. The monoisotopic (exact) mass is 270 g/mol. The molecule has 15 heavy (non-hydrogen) atoms. The van der Waals surface area contributed by atoms with Crippen LogP contribution in [0.25, 0.3) is 0 Å². The molecule has 0 N–H and O–H groups in total. The van der Waals surface area contributed by atoms with Crippen molar-refractivity contribution in [3.8, 4) is 0 Å². The predicted octanol–water partition coefficient (Wildman–Crippen LogP) is 2.24. The highest BCUT2D eigenvalue weighted by Gasteiger charge is 2.13. The maximum atomic E-state index is 11.6. The number of ether oxygens (including phenoxy) is 1. The van der Waals surface area contributed by atoms with E-state index in [4.69, 9.17) is 0 Å². The quantitative estimate of drug-likeness (QED) is 0.609. The molecule has 0 bridgehead atoms. The van der Waals surface area contributed by atoms with E-state index in [0.29, 0.717) is 10.0 Å². The number of carbonyl (C=O) groups excluding carboxylic acids is 2. The molecule has 4 heteroatoms. The summed E-state index contributed by atoms with van der Waals surface area (Å²) in [4.78, 5) is 22.8. The zero-order valence-electron chi connectivity index (χ0n) is 8.33. The van der Waals surface area contributed by atoms with Crippen LogP contribution in [0, 0.1) is 0 Å². The molecular weight excluding hydrogens is 260 g/mol. The van der Waals surface area contributed by atoms with E-state index in [1.807, 2.05) is 6.07 Å². The van der Waals surface area contributed by atoms with E-state index in [9.17, 15) is 9.59 Å². The lowest BCUT2D eigenvalue weighted by Gasteiger charge is -2.02. The Hall–Kier alpha value is -1.000. The molecule has 0 saturated carbocycles. The normalized spacial score (nSPS) is 10.0. The first-order valence-corrected chi connectivity index (χ1v) is 5.23. The van der Waals surface area contributed by atoms with Gasteiger partial charge in [-0.05, 0) is 6.07 Å². The van der Waals surface area contributed by atoms with E-state index in [1.54, 1.807) is 18.2 Å². The highest BCUT2D eigenvalue weighted by Crippen LogP contribution is 2.17. The summed E-state index contributed by atoms with van der Waals surface area (Å²) < 4.78 is 5.37. The zero-order chi connectivity index (χ0) is 11.3. The van der Waals surface area contributed by atoms with E-state index in [1.165, 1.54) is 7.11 Å². The van der Waals surface area contributed by atoms with Crippen molar-refractivity contribution < 1.29 is 14.3 Å². The van der Waals surface area contributed by atoms with E-state index >= 15 is 0 Å². The number of hydrogen-bond donors (Lipinski definition) is 0. The van der Waals surface area contributed by atoms with Gasteiger partial charge in [0.25, 0.3) is 0 Å². The Bertz CT molecular complexity index is 374. The van der Waals surface area contributed by atoms with Crippen molar-refractivity contribution in [2.24, 2.45) is 0 Å². The summed E-state index contributed by atoms with van der Waals surface area (Å²) in [5.41, 5.74) is 0.530. The average molecular weight is 271 g/mol. The molecule has 0 aromatic heterocycles. The molecule has 0 aliphatic carbocycles. The lowest BCUT2D eigenvalue weighted by atomic mass is 10.1. The lowest BCUT2D eigenvalue weighted by Crippen LogP contribution is -2.13. The fraction of sp³-hybridized carbons (Fsp3) is 0.273. The summed E-state index contributed by atoms with van der Waals surface area (Å²) in [7, 11) is 1.43. The molecule has 1 rings (SSSR count). The number of benzene rings is 1. The standard InChI is InChI=1S/C11H11BrO3/c1-15-7-8(13)6-11(14)9-4-2-3-5-10(9)12/h2-5H,6-7H2,1H3. The summed E-state index contributed by atoms with van der Waals surface area (Å²) in [5.74, 6) is -0.400. The zero-order valence-corrected chi connectivity index (χ0v) is 9.91. The SMILES string of the molecule is COCC(=O)CC(=O)c1ccccc1Br. The van der Waals surface area contributed by atoms with E-state index in [0.717, 1.165) is 0 Å². The number of hydrogen-bond acceptors (Lipinski definition) is 3. The van der Waals surface area contributed by atoms with Gasteiger partial charge in [-0.2, -0.15) is 0 Å². The highest BCUT2D eigenvalue weighted by atomic mass is 79.9. The molecule has 0 fully saturated rings. The van der Waals surface area contributed by atoms with Gasteiger partial charge in [0.15, 0.2) is 11.6 Å². The fourth-order valence-electron chi connectivity index (χ4n) is 1.17. The number of methoxy groups -OCH3 is 1. The van der Waals surface area contributed by atoms with Gasteiger partial charge in [-0.3, -0.25) is 9.59 Å². The molecule has 0 aliphatic heterocycles. The minimum Gasteiger partial charge on any atom is -0.377 e. The van der Waals surface area contributed by atoms with E-state index in [2.05, 4.69) is 20.7 Å². The summed E-state index contributed by atoms with van der Waals surface area (Å²) in [5, 5.41) is 0. The van der Waals surface area contributed by atoms with Crippen LogP contribution in [0.3, 0.4) is 0 Å². The lowest BCUT2D eigenvalue weighted by molar-refractivity contribution is -0.121. The Morgan fingerprint density at radius 3 is 2.60 bits per heavy atom. The minimum absolute atomic E-state index is 0.0177. The molecule has 0 radical (unpaired) electrons. The Kier molecular flexibility index (Phi) is 4.65. The van der Waals surface area contributed by atoms with Crippen LogP contribution < -0.4 is 0 Å². The molecule has 80 valence electrons. The van der Waals surface area contributed by atoms with Crippen LogP contribution in [-0.4, -0.2) is 25.3 Å². The maximum absolute atomic E-state index is 11.6. The summed E-state index contributed by atoms with van der Waals surface area (Å²) in [6.45, 7) is -0.0177. The molecule has 0 spiro atoms. The van der Waals surface area contributed by atoms with Crippen LogP contribution in [-0.2, 0) is 9.53 Å². The second-order valence-electron chi connectivity index (χ2n) is 3.05. The van der Waals surface area contributed by atoms with Crippen LogP contribution >= 0.6 is 15.9 Å². The van der Waals surface area contributed by atoms with E-state index < -0.39 is 0 Å². The Balaban J connectivity index is 2.70. The first kappa shape index (κ1) is 12.1. The number of ketones is 2. The van der Waals surface area contributed by atoms with Crippen molar-refractivity contribution in [1.29, 1.82) is 0 Å². The van der Waals surface area contributed by atoms with Crippen LogP contribution in [0.15, 0.2) is 28.7 Å². The van der Waals surface area contributed by atoms with Crippen molar-refractivity contribution in [2.75, 3.05) is 13.7 Å². The third-order valence-corrected chi connectivity index (χ3v) is 2.53. The van der Waals surface area contributed by atoms with E-state index in [-0.39, 0.29) is 24.6 Å². The Morgan fingerprint density at radius 2 is 2.00 bits per heavy atom. The summed E-state index contributed by atoms with van der Waals surface area (Å²) >= 11 is 3.26. The highest BCUT2D eigenvalue weighted by molar-refractivity contribution is 9.10. The van der Waals surface area contributed by atoms with Crippen molar-refractivity contribution in [2.45, 2.75) is 6.42 Å². The summed E-state index contributed by atoms with van der Waals surface area (Å²) in [6.07, 6.45) is -0.115. The first-order chi connectivity index (χ1) is 7.15. The molecule has 1 aromatic carbocycles. The average Bonchev–Trinajstić information content (AvgIpc) is 2.18. The van der Waals surface area contributed by atoms with Crippen LogP contribution in [0.2, 0.25) is 0 Å². The third kappa shape index (κ3) is 3.57. The second-order valence-corrected chi connectivity index (χ2v) is 3.91. The van der Waals surface area contributed by atoms with Gasteiger partial charge in [-0.1, -0.05) is 34.1 Å². The third-order valence-electron chi connectivity index (χ3n) is 1.84. The van der Waals surface area contributed by atoms with Crippen molar-refractivity contribution in [3.05, 3.63) is 34.3 Å². The molecule has 1 aromatic rings. The largest absolute Gasteiger partial charge is 0.377 e. The maximum Gasteiger partial charge on any atom is 0.171 e.